The number of nitrogen functional groups attached to an aromatic ring is 1. The van der Waals surface area contributed by atoms with E-state index in [2.05, 4.69) is 26.1 Å². The summed E-state index contributed by atoms with van der Waals surface area (Å²) in [6.45, 7) is 0. The van der Waals surface area contributed by atoms with Gasteiger partial charge in [0.1, 0.15) is 5.82 Å². The zero-order chi connectivity index (χ0) is 8.55. The lowest BCUT2D eigenvalue weighted by Gasteiger charge is -1.85. The highest BCUT2D eigenvalue weighted by Crippen LogP contribution is 2.30. The molecule has 62 valence electrons. The van der Waals surface area contributed by atoms with Crippen LogP contribution >= 0.6 is 27.3 Å². The molecule has 0 aromatic carbocycles. The maximum Gasteiger partial charge on any atom is 0.145 e. The Balaban J connectivity index is 2.43. The molecule has 2 rings (SSSR count). The molecule has 0 radical (unpaired) electrons. The van der Waals surface area contributed by atoms with Crippen LogP contribution in [0.15, 0.2) is 22.0 Å². The molecule has 0 fully saturated rings. The van der Waals surface area contributed by atoms with Gasteiger partial charge in [0.15, 0.2) is 0 Å². The predicted molar refractivity (Wildman–Crippen MR) is 54.0 cm³/mol. The number of hydrogen-bond acceptors (Lipinski definition) is 3. The second kappa shape index (κ2) is 2.91. The van der Waals surface area contributed by atoms with Gasteiger partial charge in [0.05, 0.1) is 14.4 Å². The number of halogens is 1. The van der Waals surface area contributed by atoms with Crippen LogP contribution in [0.1, 0.15) is 0 Å². The summed E-state index contributed by atoms with van der Waals surface area (Å²) in [6.07, 6.45) is 0. The van der Waals surface area contributed by atoms with Crippen molar-refractivity contribution in [2.24, 2.45) is 0 Å². The number of aromatic amines is 1. The molecule has 0 spiro atoms. The second-order valence-corrected chi connectivity index (χ2v) is 4.77. The molecule has 0 bridgehead atoms. The number of nitrogens with zero attached hydrogens (tertiary/aromatic N) is 1. The third kappa shape index (κ3) is 1.37. The van der Waals surface area contributed by atoms with Gasteiger partial charge < -0.3 is 5.73 Å². The molecule has 12 heavy (non-hydrogen) atoms. The second-order valence-electron chi connectivity index (χ2n) is 2.31. The summed E-state index contributed by atoms with van der Waals surface area (Å²) in [5, 5.41) is 6.70. The van der Waals surface area contributed by atoms with Crippen LogP contribution in [0.5, 0.6) is 0 Å². The molecular formula is C7H6BrN3S. The van der Waals surface area contributed by atoms with Gasteiger partial charge in [-0.25, -0.2) is 0 Å². The van der Waals surface area contributed by atoms with E-state index in [0.717, 1.165) is 14.4 Å². The van der Waals surface area contributed by atoms with Gasteiger partial charge >= 0.3 is 0 Å². The van der Waals surface area contributed by atoms with Crippen LogP contribution in [-0.2, 0) is 0 Å². The first-order chi connectivity index (χ1) is 5.75. The van der Waals surface area contributed by atoms with Crippen LogP contribution in [0.3, 0.4) is 0 Å². The highest BCUT2D eigenvalue weighted by Gasteiger charge is 2.03. The Morgan fingerprint density at radius 2 is 2.33 bits per heavy atom. The Labute approximate surface area is 81.7 Å². The predicted octanol–water partition coefficient (Wildman–Crippen LogP) is 2.48. The summed E-state index contributed by atoms with van der Waals surface area (Å²) >= 11 is 5.03. The van der Waals surface area contributed by atoms with E-state index >= 15 is 0 Å². The van der Waals surface area contributed by atoms with E-state index in [1.807, 2.05) is 18.2 Å². The lowest BCUT2D eigenvalue weighted by Crippen LogP contribution is -1.81. The molecule has 0 unspecified atom stereocenters. The lowest BCUT2D eigenvalue weighted by molar-refractivity contribution is 1.11. The topological polar surface area (TPSA) is 54.7 Å². The van der Waals surface area contributed by atoms with E-state index in [0.29, 0.717) is 5.82 Å². The standard InChI is InChI=1S/C7H6BrN3S/c8-6-2-1-5(12-6)4-3-7(9)11-10-4/h1-3H,(H3,9,10,11). The van der Waals surface area contributed by atoms with Crippen LogP contribution in [0.25, 0.3) is 10.6 Å². The van der Waals surface area contributed by atoms with Crippen molar-refractivity contribution >= 4 is 33.1 Å². The van der Waals surface area contributed by atoms with E-state index in [1.165, 1.54) is 0 Å². The van der Waals surface area contributed by atoms with Gasteiger partial charge in [-0.15, -0.1) is 11.3 Å². The number of thiophene rings is 1. The van der Waals surface area contributed by atoms with Crippen molar-refractivity contribution in [1.29, 1.82) is 0 Å². The first-order valence-corrected chi connectivity index (χ1v) is 4.93. The first-order valence-electron chi connectivity index (χ1n) is 3.32. The van der Waals surface area contributed by atoms with Gasteiger partial charge in [-0.05, 0) is 28.1 Å². The fourth-order valence-electron chi connectivity index (χ4n) is 0.922. The van der Waals surface area contributed by atoms with Crippen molar-refractivity contribution in [3.63, 3.8) is 0 Å². The van der Waals surface area contributed by atoms with Crippen molar-refractivity contribution in [1.82, 2.24) is 10.2 Å². The molecule has 3 N–H and O–H groups in total. The Bertz CT molecular complexity index is 355. The molecule has 0 aliphatic heterocycles. The molecule has 0 amide bonds. The van der Waals surface area contributed by atoms with Crippen molar-refractivity contribution in [3.05, 3.63) is 22.0 Å². The van der Waals surface area contributed by atoms with Crippen molar-refractivity contribution in [3.8, 4) is 10.6 Å². The molecule has 5 heteroatoms. The third-order valence-electron chi connectivity index (χ3n) is 1.44. The minimum absolute atomic E-state index is 0.523. The Morgan fingerprint density at radius 1 is 1.50 bits per heavy atom. The van der Waals surface area contributed by atoms with Gasteiger partial charge in [0, 0.05) is 6.07 Å². The SMILES string of the molecule is Nc1cc(-c2ccc(Br)s2)[nH]n1. The molecule has 3 nitrogen and oxygen atoms in total. The number of nitrogens with two attached hydrogens (primary N) is 1. The monoisotopic (exact) mass is 243 g/mol. The summed E-state index contributed by atoms with van der Waals surface area (Å²) in [4.78, 5) is 1.13. The zero-order valence-electron chi connectivity index (χ0n) is 6.04. The summed E-state index contributed by atoms with van der Waals surface area (Å²) in [7, 11) is 0. The number of H-pyrrole nitrogens is 1. The third-order valence-corrected chi connectivity index (χ3v) is 3.09. The molecule has 0 saturated carbocycles. The van der Waals surface area contributed by atoms with Crippen LogP contribution in [0.2, 0.25) is 0 Å². The van der Waals surface area contributed by atoms with E-state index in [4.69, 9.17) is 5.73 Å². The van der Waals surface area contributed by atoms with Crippen molar-refractivity contribution in [2.45, 2.75) is 0 Å². The van der Waals surface area contributed by atoms with E-state index in [9.17, 15) is 0 Å². The number of hydrogen-bond donors (Lipinski definition) is 2. The summed E-state index contributed by atoms with van der Waals surface area (Å²) < 4.78 is 1.10. The Morgan fingerprint density at radius 3 is 2.83 bits per heavy atom. The number of aromatic nitrogens is 2. The number of anilines is 1. The Hall–Kier alpha value is -0.810. The Kier molecular flexibility index (Phi) is 1.90. The normalized spacial score (nSPS) is 10.4. The fraction of sp³-hybridized carbons (Fsp3) is 0. The highest BCUT2D eigenvalue weighted by molar-refractivity contribution is 9.11. The maximum absolute atomic E-state index is 5.47. The van der Waals surface area contributed by atoms with Gasteiger partial charge in [-0.3, -0.25) is 5.10 Å². The van der Waals surface area contributed by atoms with Gasteiger partial charge in [0.25, 0.3) is 0 Å². The van der Waals surface area contributed by atoms with Crippen LogP contribution in [0.4, 0.5) is 5.82 Å². The minimum Gasteiger partial charge on any atom is -0.382 e. The average Bonchev–Trinajstić information content (AvgIpc) is 2.58. The van der Waals surface area contributed by atoms with E-state index < -0.39 is 0 Å². The van der Waals surface area contributed by atoms with Crippen LogP contribution < -0.4 is 5.73 Å². The molecular weight excluding hydrogens is 238 g/mol. The quantitative estimate of drug-likeness (QED) is 0.809. The highest BCUT2D eigenvalue weighted by atomic mass is 79.9. The molecule has 0 atom stereocenters. The van der Waals surface area contributed by atoms with Crippen molar-refractivity contribution in [2.75, 3.05) is 5.73 Å². The fourth-order valence-corrected chi connectivity index (χ4v) is 2.27. The van der Waals surface area contributed by atoms with Gasteiger partial charge in [-0.1, -0.05) is 0 Å². The molecule has 2 aromatic heterocycles. The largest absolute Gasteiger partial charge is 0.382 e. The molecule has 0 saturated heterocycles. The van der Waals surface area contributed by atoms with Crippen LogP contribution in [-0.4, -0.2) is 10.2 Å². The minimum atomic E-state index is 0.523. The van der Waals surface area contributed by atoms with E-state index in [-0.39, 0.29) is 0 Å². The van der Waals surface area contributed by atoms with E-state index in [1.54, 1.807) is 11.3 Å². The zero-order valence-corrected chi connectivity index (χ0v) is 8.45. The molecule has 0 aliphatic rings. The van der Waals surface area contributed by atoms with Crippen molar-refractivity contribution < 1.29 is 0 Å². The maximum atomic E-state index is 5.47. The molecule has 0 aliphatic carbocycles. The lowest BCUT2D eigenvalue weighted by atomic mass is 10.3. The number of nitrogens with one attached hydrogen (secondary N) is 1. The van der Waals surface area contributed by atoms with Gasteiger partial charge in [0.2, 0.25) is 0 Å². The summed E-state index contributed by atoms with van der Waals surface area (Å²) in [5.74, 6) is 0.523. The molecule has 2 heterocycles. The smallest absolute Gasteiger partial charge is 0.145 e. The molecule has 2 aromatic rings. The van der Waals surface area contributed by atoms with Gasteiger partial charge in [-0.2, -0.15) is 5.10 Å². The summed E-state index contributed by atoms with van der Waals surface area (Å²) in [6, 6.07) is 5.83. The average molecular weight is 244 g/mol. The summed E-state index contributed by atoms with van der Waals surface area (Å²) in [5.41, 5.74) is 6.43. The van der Waals surface area contributed by atoms with Crippen LogP contribution in [0, 0.1) is 0 Å². The first kappa shape index (κ1) is 7.82. The number of rotatable bonds is 1.